The molecule has 0 saturated carbocycles. The fraction of sp³-hybridized carbons (Fsp3) is 0.357. The molecule has 5 nitrogen and oxygen atoms in total. The molecule has 1 aliphatic heterocycles. The minimum Gasteiger partial charge on any atom is -0.353 e. The van der Waals surface area contributed by atoms with Crippen LogP contribution in [0.1, 0.15) is 5.56 Å². The Balaban J connectivity index is 1.66. The van der Waals surface area contributed by atoms with Gasteiger partial charge in [-0.1, -0.05) is 0 Å². The monoisotopic (exact) mass is 289 g/mol. The van der Waals surface area contributed by atoms with Crippen LogP contribution in [0.4, 0.5) is 11.8 Å². The van der Waals surface area contributed by atoms with Crippen molar-refractivity contribution in [2.75, 3.05) is 36.0 Å². The van der Waals surface area contributed by atoms with Crippen LogP contribution in [0.15, 0.2) is 36.8 Å². The van der Waals surface area contributed by atoms with Gasteiger partial charge in [-0.05, 0) is 23.8 Å². The van der Waals surface area contributed by atoms with Crippen molar-refractivity contribution in [2.45, 2.75) is 5.88 Å². The molecule has 0 N–H and O–H groups in total. The van der Waals surface area contributed by atoms with Crippen molar-refractivity contribution in [1.29, 1.82) is 0 Å². The number of nitrogens with zero attached hydrogens (tertiary/aromatic N) is 5. The normalized spacial score (nSPS) is 15.4. The molecular weight excluding hydrogens is 274 g/mol. The molecule has 3 rings (SSSR count). The molecule has 2 aromatic heterocycles. The zero-order valence-electron chi connectivity index (χ0n) is 11.1. The van der Waals surface area contributed by atoms with Gasteiger partial charge in [0.1, 0.15) is 5.82 Å². The van der Waals surface area contributed by atoms with Crippen molar-refractivity contribution >= 4 is 23.4 Å². The van der Waals surface area contributed by atoms with Crippen LogP contribution in [0.2, 0.25) is 0 Å². The molecule has 0 unspecified atom stereocenters. The van der Waals surface area contributed by atoms with Crippen molar-refractivity contribution < 1.29 is 0 Å². The fourth-order valence-electron chi connectivity index (χ4n) is 2.31. The van der Waals surface area contributed by atoms with E-state index in [1.54, 1.807) is 12.4 Å². The van der Waals surface area contributed by atoms with E-state index in [-0.39, 0.29) is 0 Å². The zero-order valence-corrected chi connectivity index (χ0v) is 11.9. The van der Waals surface area contributed by atoms with E-state index in [0.717, 1.165) is 43.5 Å². The Morgan fingerprint density at radius 3 is 2.35 bits per heavy atom. The van der Waals surface area contributed by atoms with Gasteiger partial charge < -0.3 is 9.80 Å². The number of anilines is 2. The van der Waals surface area contributed by atoms with Crippen LogP contribution in [0.25, 0.3) is 0 Å². The largest absolute Gasteiger partial charge is 0.353 e. The molecule has 0 aliphatic carbocycles. The molecule has 0 aromatic carbocycles. The van der Waals surface area contributed by atoms with Gasteiger partial charge >= 0.3 is 0 Å². The molecule has 0 radical (unpaired) electrons. The molecule has 0 atom stereocenters. The summed E-state index contributed by atoms with van der Waals surface area (Å²) in [4.78, 5) is 17.5. The predicted octanol–water partition coefficient (Wildman–Crippen LogP) is 1.94. The Hall–Kier alpha value is -1.88. The Morgan fingerprint density at radius 1 is 0.950 bits per heavy atom. The van der Waals surface area contributed by atoms with Gasteiger partial charge in [0, 0.05) is 50.6 Å². The summed E-state index contributed by atoms with van der Waals surface area (Å²) < 4.78 is 0. The Bertz CT molecular complexity index is 555. The summed E-state index contributed by atoms with van der Waals surface area (Å²) in [5.74, 6) is 2.32. The average molecular weight is 290 g/mol. The van der Waals surface area contributed by atoms with Crippen LogP contribution in [0.5, 0.6) is 0 Å². The summed E-state index contributed by atoms with van der Waals surface area (Å²) in [6.07, 6.45) is 5.38. The molecule has 0 spiro atoms. The van der Waals surface area contributed by atoms with E-state index in [0.29, 0.717) is 5.88 Å². The van der Waals surface area contributed by atoms with E-state index in [4.69, 9.17) is 11.6 Å². The Kier molecular flexibility index (Phi) is 3.97. The lowest BCUT2D eigenvalue weighted by molar-refractivity contribution is 0.634. The standard InChI is InChI=1S/C14H16ClN5/c15-11-12-2-5-16-13(10-12)19-6-8-20(9-7-19)14-17-3-1-4-18-14/h1-5,10H,6-9,11H2. The number of rotatable bonds is 3. The van der Waals surface area contributed by atoms with Gasteiger partial charge in [0.15, 0.2) is 0 Å². The van der Waals surface area contributed by atoms with Crippen LogP contribution >= 0.6 is 11.6 Å². The molecule has 0 amide bonds. The van der Waals surface area contributed by atoms with Gasteiger partial charge in [0.25, 0.3) is 0 Å². The highest BCUT2D eigenvalue weighted by molar-refractivity contribution is 6.17. The number of hydrogen-bond acceptors (Lipinski definition) is 5. The molecule has 3 heterocycles. The second-order valence-electron chi connectivity index (χ2n) is 4.68. The van der Waals surface area contributed by atoms with Crippen LogP contribution in [0.3, 0.4) is 0 Å². The summed E-state index contributed by atoms with van der Waals surface area (Å²) in [6.45, 7) is 3.63. The predicted molar refractivity (Wildman–Crippen MR) is 80.3 cm³/mol. The smallest absolute Gasteiger partial charge is 0.225 e. The average Bonchev–Trinajstić information content (AvgIpc) is 2.56. The maximum absolute atomic E-state index is 5.87. The topological polar surface area (TPSA) is 45.2 Å². The third-order valence-electron chi connectivity index (χ3n) is 3.40. The summed E-state index contributed by atoms with van der Waals surface area (Å²) in [5, 5.41) is 0. The number of piperazine rings is 1. The van der Waals surface area contributed by atoms with Crippen molar-refractivity contribution in [3.63, 3.8) is 0 Å². The van der Waals surface area contributed by atoms with Gasteiger partial charge in [0.05, 0.1) is 0 Å². The molecule has 0 bridgehead atoms. The third kappa shape index (κ3) is 2.82. The van der Waals surface area contributed by atoms with E-state index in [1.807, 2.05) is 18.3 Å². The molecule has 2 aromatic rings. The van der Waals surface area contributed by atoms with Gasteiger partial charge in [-0.2, -0.15) is 0 Å². The highest BCUT2D eigenvalue weighted by atomic mass is 35.5. The highest BCUT2D eigenvalue weighted by Gasteiger charge is 2.19. The summed E-state index contributed by atoms with van der Waals surface area (Å²) >= 11 is 5.87. The lowest BCUT2D eigenvalue weighted by atomic mass is 10.2. The molecule has 6 heteroatoms. The Morgan fingerprint density at radius 2 is 1.65 bits per heavy atom. The first kappa shape index (κ1) is 13.1. The summed E-state index contributed by atoms with van der Waals surface area (Å²) in [5.41, 5.74) is 1.10. The van der Waals surface area contributed by atoms with Gasteiger partial charge in [-0.25, -0.2) is 15.0 Å². The summed E-state index contributed by atoms with van der Waals surface area (Å²) in [7, 11) is 0. The van der Waals surface area contributed by atoms with Crippen molar-refractivity contribution in [1.82, 2.24) is 15.0 Å². The second kappa shape index (κ2) is 6.05. The van der Waals surface area contributed by atoms with Crippen LogP contribution < -0.4 is 9.80 Å². The van der Waals surface area contributed by atoms with Crippen molar-refractivity contribution in [3.05, 3.63) is 42.4 Å². The molecule has 1 aliphatic rings. The van der Waals surface area contributed by atoms with Crippen molar-refractivity contribution in [2.24, 2.45) is 0 Å². The van der Waals surface area contributed by atoms with E-state index in [1.165, 1.54) is 0 Å². The molecule has 20 heavy (non-hydrogen) atoms. The number of alkyl halides is 1. The number of hydrogen-bond donors (Lipinski definition) is 0. The molecule has 1 saturated heterocycles. The van der Waals surface area contributed by atoms with Gasteiger partial charge in [-0.15, -0.1) is 11.6 Å². The fourth-order valence-corrected chi connectivity index (χ4v) is 2.47. The maximum Gasteiger partial charge on any atom is 0.225 e. The van der Waals surface area contributed by atoms with Crippen LogP contribution in [-0.2, 0) is 5.88 Å². The number of aromatic nitrogens is 3. The van der Waals surface area contributed by atoms with E-state index in [9.17, 15) is 0 Å². The highest BCUT2D eigenvalue weighted by Crippen LogP contribution is 2.17. The van der Waals surface area contributed by atoms with E-state index in [2.05, 4.69) is 30.8 Å². The SMILES string of the molecule is ClCc1ccnc(N2CCN(c3ncccn3)CC2)c1. The first-order valence-electron chi connectivity index (χ1n) is 6.64. The lowest BCUT2D eigenvalue weighted by Crippen LogP contribution is -2.47. The molecular formula is C14H16ClN5. The minimum absolute atomic E-state index is 0.521. The van der Waals surface area contributed by atoms with Gasteiger partial charge in [0.2, 0.25) is 5.95 Å². The van der Waals surface area contributed by atoms with Gasteiger partial charge in [-0.3, -0.25) is 0 Å². The van der Waals surface area contributed by atoms with E-state index >= 15 is 0 Å². The van der Waals surface area contributed by atoms with Crippen LogP contribution in [-0.4, -0.2) is 41.1 Å². The number of pyridine rings is 1. The Labute approximate surface area is 123 Å². The lowest BCUT2D eigenvalue weighted by Gasteiger charge is -2.35. The quantitative estimate of drug-likeness (QED) is 0.808. The van der Waals surface area contributed by atoms with Crippen molar-refractivity contribution in [3.8, 4) is 0 Å². The van der Waals surface area contributed by atoms with Crippen LogP contribution in [0, 0.1) is 0 Å². The first-order valence-corrected chi connectivity index (χ1v) is 7.18. The first-order chi connectivity index (χ1) is 9.86. The molecule has 1 fully saturated rings. The van der Waals surface area contributed by atoms with E-state index < -0.39 is 0 Å². The minimum atomic E-state index is 0.521. The summed E-state index contributed by atoms with van der Waals surface area (Å²) in [6, 6.07) is 5.84. The maximum atomic E-state index is 5.87. The molecule has 104 valence electrons. The number of halogens is 1. The second-order valence-corrected chi connectivity index (χ2v) is 4.95. The zero-order chi connectivity index (χ0) is 13.8. The third-order valence-corrected chi connectivity index (χ3v) is 3.71.